The van der Waals surface area contributed by atoms with E-state index >= 15 is 0 Å². The van der Waals surface area contributed by atoms with E-state index in [0.717, 1.165) is 0 Å². The molecule has 0 bridgehead atoms. The second-order valence-electron chi connectivity index (χ2n) is 5.53. The molecule has 10 atom stereocenters. The van der Waals surface area contributed by atoms with Crippen LogP contribution in [0.3, 0.4) is 0 Å². The van der Waals surface area contributed by atoms with E-state index < -0.39 is 74.6 Å². The average Bonchev–Trinajstić information content (AvgIpc) is 2.55. The normalized spacial score (nSPS) is 51.7. The molecule has 2 heterocycles. The molecule has 0 spiro atoms. The van der Waals surface area contributed by atoms with Gasteiger partial charge in [-0.05, 0) is 0 Å². The molecule has 11 nitrogen and oxygen atoms in total. The molecule has 23 heavy (non-hydrogen) atoms. The van der Waals surface area contributed by atoms with Gasteiger partial charge < -0.3 is 55.1 Å². The van der Waals surface area contributed by atoms with Gasteiger partial charge in [0.15, 0.2) is 12.6 Å². The Labute approximate surface area is 130 Å². The first-order chi connectivity index (χ1) is 10.8. The fourth-order valence-corrected chi connectivity index (χ4v) is 2.57. The van der Waals surface area contributed by atoms with Crippen LogP contribution in [0.4, 0.5) is 0 Å². The molecule has 8 N–H and O–H groups in total. The van der Waals surface area contributed by atoms with Crippen LogP contribution in [-0.4, -0.2) is 115 Å². The maximum absolute atomic E-state index is 9.94. The SMILES string of the molecule is OC[C@@H]1O[C@@H](O)[C@H](O)[C@@H](O)[C@@H]1O[C@H]1O[C@H](CO)[C@H](O)[C@H](O)[C@H]1O. The van der Waals surface area contributed by atoms with Crippen LogP contribution in [0.25, 0.3) is 0 Å². The lowest BCUT2D eigenvalue weighted by atomic mass is 9.97. The second kappa shape index (κ2) is 7.63. The molecule has 0 aromatic carbocycles. The van der Waals surface area contributed by atoms with Crippen LogP contribution in [0.15, 0.2) is 0 Å². The molecule has 2 fully saturated rings. The van der Waals surface area contributed by atoms with Gasteiger partial charge in [0.25, 0.3) is 0 Å². The lowest BCUT2D eigenvalue weighted by Gasteiger charge is -2.45. The third-order valence-corrected chi connectivity index (χ3v) is 3.98. The minimum Gasteiger partial charge on any atom is -0.394 e. The molecule has 0 amide bonds. The van der Waals surface area contributed by atoms with Gasteiger partial charge in [0.2, 0.25) is 0 Å². The highest BCUT2D eigenvalue weighted by molar-refractivity contribution is 4.93. The topological polar surface area (TPSA) is 190 Å². The minimum absolute atomic E-state index is 0.667. The highest BCUT2D eigenvalue weighted by Crippen LogP contribution is 2.28. The summed E-state index contributed by atoms with van der Waals surface area (Å²) >= 11 is 0. The Morgan fingerprint density at radius 1 is 0.652 bits per heavy atom. The number of ether oxygens (including phenoxy) is 3. The lowest BCUT2D eigenvalue weighted by molar-refractivity contribution is -0.355. The molecule has 11 heteroatoms. The smallest absolute Gasteiger partial charge is 0.187 e. The Hall–Kier alpha value is -0.440. The van der Waals surface area contributed by atoms with Gasteiger partial charge in [-0.15, -0.1) is 0 Å². The predicted molar refractivity (Wildman–Crippen MR) is 68.6 cm³/mol. The highest BCUT2D eigenvalue weighted by atomic mass is 16.7. The molecule has 136 valence electrons. The summed E-state index contributed by atoms with van der Waals surface area (Å²) < 4.78 is 15.3. The molecule has 0 radical (unpaired) electrons. The quantitative estimate of drug-likeness (QED) is 0.243. The van der Waals surface area contributed by atoms with E-state index in [-0.39, 0.29) is 0 Å². The van der Waals surface area contributed by atoms with Crippen LogP contribution in [0.2, 0.25) is 0 Å². The first-order valence-electron chi connectivity index (χ1n) is 7.08. The standard InChI is InChI=1S/C12H22O11/c13-1-3-5(15)6(16)9(19)12(22-3)23-10-4(2-14)21-11(20)8(18)7(10)17/h3-20H,1-2H2/t3-,4+,5+,6+,7-,8-,9-,10-,11-,12-/m1/s1. The molecular formula is C12H22O11. The van der Waals surface area contributed by atoms with E-state index in [1.807, 2.05) is 0 Å². The van der Waals surface area contributed by atoms with Gasteiger partial charge in [-0.1, -0.05) is 0 Å². The van der Waals surface area contributed by atoms with Crippen molar-refractivity contribution < 1.29 is 55.1 Å². The van der Waals surface area contributed by atoms with Crippen molar-refractivity contribution in [1.82, 2.24) is 0 Å². The first-order valence-corrected chi connectivity index (χ1v) is 7.08. The summed E-state index contributed by atoms with van der Waals surface area (Å²) in [4.78, 5) is 0. The zero-order chi connectivity index (χ0) is 17.3. The van der Waals surface area contributed by atoms with Gasteiger partial charge >= 0.3 is 0 Å². The molecule has 2 rings (SSSR count). The van der Waals surface area contributed by atoms with E-state index in [1.165, 1.54) is 0 Å². The largest absolute Gasteiger partial charge is 0.394 e. The van der Waals surface area contributed by atoms with Gasteiger partial charge in [-0.25, -0.2) is 0 Å². The van der Waals surface area contributed by atoms with E-state index in [0.29, 0.717) is 0 Å². The summed E-state index contributed by atoms with van der Waals surface area (Å²) in [5.74, 6) is 0. The van der Waals surface area contributed by atoms with Crippen LogP contribution >= 0.6 is 0 Å². The van der Waals surface area contributed by atoms with Gasteiger partial charge in [0, 0.05) is 0 Å². The van der Waals surface area contributed by atoms with Crippen molar-refractivity contribution in [3.8, 4) is 0 Å². The number of hydrogen-bond acceptors (Lipinski definition) is 11. The minimum atomic E-state index is -1.74. The summed E-state index contributed by atoms with van der Waals surface area (Å²) in [6, 6.07) is 0. The van der Waals surface area contributed by atoms with Crippen molar-refractivity contribution in [2.45, 2.75) is 61.4 Å². The maximum atomic E-state index is 9.94. The molecule has 0 aromatic heterocycles. The van der Waals surface area contributed by atoms with E-state index in [4.69, 9.17) is 19.3 Å². The maximum Gasteiger partial charge on any atom is 0.187 e. The van der Waals surface area contributed by atoms with Crippen LogP contribution in [0.5, 0.6) is 0 Å². The van der Waals surface area contributed by atoms with Crippen molar-refractivity contribution in [3.05, 3.63) is 0 Å². The molecular weight excluding hydrogens is 320 g/mol. The Bertz CT molecular complexity index is 378. The molecule has 0 aromatic rings. The average molecular weight is 342 g/mol. The van der Waals surface area contributed by atoms with Gasteiger partial charge in [0.1, 0.15) is 48.8 Å². The second-order valence-corrected chi connectivity index (χ2v) is 5.53. The third-order valence-electron chi connectivity index (χ3n) is 3.98. The molecule has 0 saturated carbocycles. The molecule has 0 aliphatic carbocycles. The Morgan fingerprint density at radius 3 is 1.83 bits per heavy atom. The zero-order valence-electron chi connectivity index (χ0n) is 12.0. The first kappa shape index (κ1) is 18.9. The van der Waals surface area contributed by atoms with Crippen LogP contribution in [0, 0.1) is 0 Å². The van der Waals surface area contributed by atoms with Crippen LogP contribution in [0.1, 0.15) is 0 Å². The zero-order valence-corrected chi connectivity index (χ0v) is 12.0. The van der Waals surface area contributed by atoms with Crippen molar-refractivity contribution in [1.29, 1.82) is 0 Å². The van der Waals surface area contributed by atoms with Crippen molar-refractivity contribution in [3.63, 3.8) is 0 Å². The number of aliphatic hydroxyl groups excluding tert-OH is 8. The monoisotopic (exact) mass is 342 g/mol. The summed E-state index contributed by atoms with van der Waals surface area (Å²) in [6.07, 6.45) is -15.6. The fraction of sp³-hybridized carbons (Fsp3) is 1.00. The van der Waals surface area contributed by atoms with Crippen LogP contribution < -0.4 is 0 Å². The molecule has 2 saturated heterocycles. The molecule has 2 aliphatic heterocycles. The van der Waals surface area contributed by atoms with E-state index in [2.05, 4.69) is 0 Å². The fourth-order valence-electron chi connectivity index (χ4n) is 2.57. The summed E-state index contributed by atoms with van der Waals surface area (Å²) in [5, 5.41) is 76.5. The Balaban J connectivity index is 2.11. The van der Waals surface area contributed by atoms with Gasteiger partial charge in [0.05, 0.1) is 13.2 Å². The summed E-state index contributed by atoms with van der Waals surface area (Å²) in [6.45, 7) is -1.35. The predicted octanol–water partition coefficient (Wildman–Crippen LogP) is -5.40. The Kier molecular flexibility index (Phi) is 6.27. The summed E-state index contributed by atoms with van der Waals surface area (Å²) in [5.41, 5.74) is 0. The van der Waals surface area contributed by atoms with Gasteiger partial charge in [-0.2, -0.15) is 0 Å². The highest BCUT2D eigenvalue weighted by Gasteiger charge is 2.50. The van der Waals surface area contributed by atoms with Crippen molar-refractivity contribution >= 4 is 0 Å². The van der Waals surface area contributed by atoms with Crippen molar-refractivity contribution in [2.75, 3.05) is 13.2 Å². The van der Waals surface area contributed by atoms with E-state index in [1.54, 1.807) is 0 Å². The lowest BCUT2D eigenvalue weighted by Crippen LogP contribution is -2.64. The molecule has 2 aliphatic rings. The summed E-state index contributed by atoms with van der Waals surface area (Å²) in [7, 11) is 0. The van der Waals surface area contributed by atoms with Crippen molar-refractivity contribution in [2.24, 2.45) is 0 Å². The van der Waals surface area contributed by atoms with Crippen LogP contribution in [-0.2, 0) is 14.2 Å². The van der Waals surface area contributed by atoms with Gasteiger partial charge in [-0.3, -0.25) is 0 Å². The number of aliphatic hydroxyl groups is 8. The number of rotatable bonds is 4. The third kappa shape index (κ3) is 3.65. The molecule has 0 unspecified atom stereocenters. The Morgan fingerprint density at radius 2 is 1.26 bits per heavy atom. The van der Waals surface area contributed by atoms with E-state index in [9.17, 15) is 35.7 Å². The number of hydrogen-bond donors (Lipinski definition) is 8.